The van der Waals surface area contributed by atoms with Crippen LogP contribution in [0.15, 0.2) is 30.3 Å². The van der Waals surface area contributed by atoms with Gasteiger partial charge in [0.2, 0.25) is 0 Å². The van der Waals surface area contributed by atoms with Gasteiger partial charge in [-0.05, 0) is 38.8 Å². The maximum Gasteiger partial charge on any atom is 0.0900 e. The molecule has 25 heavy (non-hydrogen) atoms. The summed E-state index contributed by atoms with van der Waals surface area (Å²) in [7, 11) is 2.00. The largest absolute Gasteiger partial charge is 0.389 e. The van der Waals surface area contributed by atoms with E-state index in [2.05, 4.69) is 23.8 Å². The van der Waals surface area contributed by atoms with Gasteiger partial charge < -0.3 is 9.84 Å². The van der Waals surface area contributed by atoms with Gasteiger partial charge in [-0.1, -0.05) is 30.3 Å². The Hall–Kier alpha value is -1.69. The summed E-state index contributed by atoms with van der Waals surface area (Å²) in [4.78, 5) is 2.38. The molecule has 1 N–H and O–H groups in total. The fourth-order valence-corrected chi connectivity index (χ4v) is 3.85. The van der Waals surface area contributed by atoms with Crippen molar-refractivity contribution in [3.8, 4) is 0 Å². The Morgan fingerprint density at radius 1 is 1.28 bits per heavy atom. The molecule has 1 aromatic heterocycles. The third-order valence-electron chi connectivity index (χ3n) is 5.13. The van der Waals surface area contributed by atoms with Gasteiger partial charge in [0.25, 0.3) is 0 Å². The zero-order valence-corrected chi connectivity index (χ0v) is 15.5. The number of aryl methyl sites for hydroxylation is 2. The predicted octanol–water partition coefficient (Wildman–Crippen LogP) is 2.75. The van der Waals surface area contributed by atoms with Crippen LogP contribution in [-0.4, -0.2) is 45.6 Å². The van der Waals surface area contributed by atoms with E-state index in [1.165, 1.54) is 11.3 Å². The van der Waals surface area contributed by atoms with E-state index in [9.17, 15) is 5.11 Å². The number of nitrogens with zero attached hydrogens (tertiary/aromatic N) is 3. The van der Waals surface area contributed by atoms with Gasteiger partial charge >= 0.3 is 0 Å². The molecule has 136 valence electrons. The van der Waals surface area contributed by atoms with Crippen molar-refractivity contribution in [2.24, 2.45) is 7.05 Å². The normalized spacial score (nSPS) is 19.4. The van der Waals surface area contributed by atoms with Gasteiger partial charge in [-0.25, -0.2) is 0 Å². The smallest absolute Gasteiger partial charge is 0.0900 e. The summed E-state index contributed by atoms with van der Waals surface area (Å²) in [6.45, 7) is 6.79. The number of likely N-dealkylation sites (tertiary alicyclic amines) is 1. The second kappa shape index (κ2) is 8.13. The standard InChI is InChI=1S/C20H29N3O2/c1-15-20(16(2)22(3)21-15)19-10-7-11-23(19)12-18(24)14-25-13-17-8-5-4-6-9-17/h4-6,8-9,18-19,24H,7,10-14H2,1-3H3/t18-,19-/m1/s1. The van der Waals surface area contributed by atoms with E-state index in [-0.39, 0.29) is 0 Å². The van der Waals surface area contributed by atoms with Gasteiger partial charge in [-0.3, -0.25) is 9.58 Å². The highest BCUT2D eigenvalue weighted by molar-refractivity contribution is 5.29. The minimum Gasteiger partial charge on any atom is -0.389 e. The first kappa shape index (κ1) is 18.1. The Morgan fingerprint density at radius 2 is 2.04 bits per heavy atom. The highest BCUT2D eigenvalue weighted by Gasteiger charge is 2.31. The van der Waals surface area contributed by atoms with Crippen LogP contribution in [0.3, 0.4) is 0 Å². The summed E-state index contributed by atoms with van der Waals surface area (Å²) in [6.07, 6.45) is 1.82. The molecule has 5 nitrogen and oxygen atoms in total. The van der Waals surface area contributed by atoms with Gasteiger partial charge in [0.1, 0.15) is 0 Å². The molecule has 2 aromatic rings. The monoisotopic (exact) mass is 343 g/mol. The molecule has 0 unspecified atom stereocenters. The van der Waals surface area contributed by atoms with E-state index in [1.54, 1.807) is 0 Å². The van der Waals surface area contributed by atoms with Gasteiger partial charge in [0, 0.05) is 30.9 Å². The first-order chi connectivity index (χ1) is 12.1. The van der Waals surface area contributed by atoms with E-state index < -0.39 is 6.10 Å². The molecular formula is C20H29N3O2. The Balaban J connectivity index is 1.54. The van der Waals surface area contributed by atoms with Crippen molar-refractivity contribution in [2.45, 2.75) is 45.4 Å². The number of β-amino-alcohol motifs (C(OH)–C–C–N with tert-alkyl or cyclic N) is 1. The summed E-state index contributed by atoms with van der Waals surface area (Å²) in [5, 5.41) is 15.0. The van der Waals surface area contributed by atoms with Crippen LogP contribution in [0.25, 0.3) is 0 Å². The summed E-state index contributed by atoms with van der Waals surface area (Å²) >= 11 is 0. The SMILES string of the molecule is Cc1nn(C)c(C)c1[C@H]1CCCN1C[C@@H](O)COCc1ccccc1. The van der Waals surface area contributed by atoms with E-state index in [0.29, 0.717) is 25.8 Å². The number of hydrogen-bond acceptors (Lipinski definition) is 4. The van der Waals surface area contributed by atoms with E-state index in [0.717, 1.165) is 30.6 Å². The van der Waals surface area contributed by atoms with Crippen LogP contribution in [0.1, 0.15) is 41.4 Å². The van der Waals surface area contributed by atoms with Crippen molar-refractivity contribution in [3.05, 3.63) is 52.8 Å². The zero-order chi connectivity index (χ0) is 17.8. The fourth-order valence-electron chi connectivity index (χ4n) is 3.85. The Morgan fingerprint density at radius 3 is 2.72 bits per heavy atom. The van der Waals surface area contributed by atoms with Crippen LogP contribution in [0.5, 0.6) is 0 Å². The number of ether oxygens (including phenoxy) is 1. The van der Waals surface area contributed by atoms with Crippen molar-refractivity contribution in [1.82, 2.24) is 14.7 Å². The highest BCUT2D eigenvalue weighted by atomic mass is 16.5. The summed E-state index contributed by atoms with van der Waals surface area (Å²) in [5.41, 5.74) is 4.80. The molecule has 1 aromatic carbocycles. The predicted molar refractivity (Wildman–Crippen MR) is 98.3 cm³/mol. The van der Waals surface area contributed by atoms with Gasteiger partial charge in [-0.2, -0.15) is 5.10 Å². The summed E-state index contributed by atoms with van der Waals surface area (Å²) in [6, 6.07) is 10.4. The average Bonchev–Trinajstić information content (AvgIpc) is 3.13. The molecule has 0 bridgehead atoms. The van der Waals surface area contributed by atoms with Crippen molar-refractivity contribution in [2.75, 3.05) is 19.7 Å². The van der Waals surface area contributed by atoms with Crippen LogP contribution < -0.4 is 0 Å². The molecule has 0 spiro atoms. The lowest BCUT2D eigenvalue weighted by molar-refractivity contribution is 0.00764. The van der Waals surface area contributed by atoms with Crippen molar-refractivity contribution >= 4 is 0 Å². The van der Waals surface area contributed by atoms with Gasteiger partial charge in [-0.15, -0.1) is 0 Å². The Labute approximate surface area is 150 Å². The van der Waals surface area contributed by atoms with E-state index in [1.807, 2.05) is 42.1 Å². The molecule has 0 radical (unpaired) electrons. The van der Waals surface area contributed by atoms with Crippen molar-refractivity contribution < 1.29 is 9.84 Å². The topological polar surface area (TPSA) is 50.5 Å². The molecule has 1 saturated heterocycles. The number of aliphatic hydroxyl groups is 1. The summed E-state index contributed by atoms with van der Waals surface area (Å²) in [5.74, 6) is 0. The van der Waals surface area contributed by atoms with E-state index in [4.69, 9.17) is 4.74 Å². The number of hydrogen-bond donors (Lipinski definition) is 1. The molecule has 0 aliphatic carbocycles. The number of benzene rings is 1. The zero-order valence-electron chi connectivity index (χ0n) is 15.5. The molecular weight excluding hydrogens is 314 g/mol. The van der Waals surface area contributed by atoms with Gasteiger partial charge in [0.15, 0.2) is 0 Å². The van der Waals surface area contributed by atoms with Crippen LogP contribution in [0, 0.1) is 13.8 Å². The number of aromatic nitrogens is 2. The molecule has 1 aliphatic rings. The van der Waals surface area contributed by atoms with Crippen LogP contribution in [-0.2, 0) is 18.4 Å². The third-order valence-corrected chi connectivity index (χ3v) is 5.13. The molecule has 2 atom stereocenters. The van der Waals surface area contributed by atoms with Crippen LogP contribution in [0.4, 0.5) is 0 Å². The molecule has 3 rings (SSSR count). The van der Waals surface area contributed by atoms with E-state index >= 15 is 0 Å². The molecule has 2 heterocycles. The Kier molecular flexibility index (Phi) is 5.89. The quantitative estimate of drug-likeness (QED) is 0.840. The minimum absolute atomic E-state index is 0.359. The Bertz CT molecular complexity index is 684. The first-order valence-electron chi connectivity index (χ1n) is 9.10. The second-order valence-electron chi connectivity index (χ2n) is 7.02. The number of rotatable bonds is 7. The lowest BCUT2D eigenvalue weighted by Gasteiger charge is -2.27. The highest BCUT2D eigenvalue weighted by Crippen LogP contribution is 2.35. The van der Waals surface area contributed by atoms with Crippen LogP contribution in [0.2, 0.25) is 0 Å². The van der Waals surface area contributed by atoms with Crippen molar-refractivity contribution in [1.29, 1.82) is 0 Å². The molecule has 5 heteroatoms. The van der Waals surface area contributed by atoms with Crippen LogP contribution >= 0.6 is 0 Å². The minimum atomic E-state index is -0.471. The van der Waals surface area contributed by atoms with Gasteiger partial charge in [0.05, 0.1) is 25.0 Å². The second-order valence-corrected chi connectivity index (χ2v) is 7.02. The lowest BCUT2D eigenvalue weighted by Crippen LogP contribution is -2.35. The molecule has 1 aliphatic heterocycles. The maximum absolute atomic E-state index is 10.4. The molecule has 0 amide bonds. The van der Waals surface area contributed by atoms with Crippen molar-refractivity contribution in [3.63, 3.8) is 0 Å². The first-order valence-corrected chi connectivity index (χ1v) is 9.10. The molecule has 1 fully saturated rings. The third kappa shape index (κ3) is 4.29. The number of aliphatic hydroxyl groups excluding tert-OH is 1. The molecule has 0 saturated carbocycles. The fraction of sp³-hybridized carbons (Fsp3) is 0.550. The lowest BCUT2D eigenvalue weighted by atomic mass is 10.0. The summed E-state index contributed by atoms with van der Waals surface area (Å²) < 4.78 is 7.65. The average molecular weight is 343 g/mol. The maximum atomic E-state index is 10.4.